The topological polar surface area (TPSA) is 125 Å². The van der Waals surface area contributed by atoms with Crippen LogP contribution in [0, 0.1) is 0 Å². The van der Waals surface area contributed by atoms with E-state index in [1.54, 1.807) is 48.8 Å². The molecule has 1 aliphatic heterocycles. The molecular weight excluding hydrogens is 361 g/mol. The molecular formula is C19H16BN3O5. The molecule has 2 aromatic carbocycles. The van der Waals surface area contributed by atoms with Crippen molar-refractivity contribution in [1.82, 2.24) is 15.3 Å². The lowest BCUT2D eigenvalue weighted by atomic mass is 9.72. The Morgan fingerprint density at radius 3 is 2.68 bits per heavy atom. The zero-order chi connectivity index (χ0) is 19.7. The number of carboxylic acid groups (broad SMARTS) is 1. The number of carboxylic acids is 1. The standard InChI is InChI=1S/C19H16BN3O5/c24-18(12-6-4-11(5-7-12)17-21-8-9-22-17)23-15-10-13-2-1-3-14(19(25)26)16(13)28-20(15)27/h1-9,15,27H,10H2,(H,21,22)(H,23,24)(H,25,26). The number of fused-ring (bicyclic) bond motifs is 1. The summed E-state index contributed by atoms with van der Waals surface area (Å²) in [6, 6.07) is 11.6. The molecule has 1 unspecified atom stereocenters. The number of H-pyrrole nitrogens is 1. The van der Waals surface area contributed by atoms with Crippen molar-refractivity contribution >= 4 is 19.0 Å². The number of rotatable bonds is 4. The van der Waals surface area contributed by atoms with Crippen LogP contribution in [0.4, 0.5) is 0 Å². The monoisotopic (exact) mass is 377 g/mol. The third-order valence-electron chi connectivity index (χ3n) is 4.58. The minimum absolute atomic E-state index is 0.0187. The quantitative estimate of drug-likeness (QED) is 0.511. The number of aromatic carboxylic acids is 1. The fourth-order valence-electron chi connectivity index (χ4n) is 3.17. The smallest absolute Gasteiger partial charge is 0.534 e. The first kappa shape index (κ1) is 17.8. The highest BCUT2D eigenvalue weighted by Crippen LogP contribution is 2.30. The molecule has 0 aliphatic carbocycles. The van der Waals surface area contributed by atoms with Crippen LogP contribution >= 0.6 is 0 Å². The molecule has 0 spiro atoms. The lowest BCUT2D eigenvalue weighted by Gasteiger charge is -2.28. The predicted octanol–water partition coefficient (Wildman–Crippen LogP) is 1.53. The van der Waals surface area contributed by atoms with Gasteiger partial charge in [-0.1, -0.05) is 24.3 Å². The predicted molar refractivity (Wildman–Crippen MR) is 101 cm³/mol. The van der Waals surface area contributed by atoms with Gasteiger partial charge in [0.25, 0.3) is 5.91 Å². The summed E-state index contributed by atoms with van der Waals surface area (Å²) in [5.74, 6) is -1.36. The SMILES string of the molecule is O=C(NC1Cc2cccc(C(=O)O)c2OB1O)c1ccc(-c2ncc[nH]2)cc1. The zero-order valence-electron chi connectivity index (χ0n) is 14.6. The van der Waals surface area contributed by atoms with Crippen LogP contribution in [0.1, 0.15) is 26.3 Å². The van der Waals surface area contributed by atoms with Gasteiger partial charge in [-0.15, -0.1) is 0 Å². The van der Waals surface area contributed by atoms with Crippen LogP contribution in [0.15, 0.2) is 54.9 Å². The number of para-hydroxylation sites is 1. The zero-order valence-corrected chi connectivity index (χ0v) is 14.6. The third kappa shape index (κ3) is 3.35. The summed E-state index contributed by atoms with van der Waals surface area (Å²) in [6.45, 7) is 0. The van der Waals surface area contributed by atoms with Crippen LogP contribution in [0.2, 0.25) is 0 Å². The number of imidazole rings is 1. The summed E-state index contributed by atoms with van der Waals surface area (Å²) in [5.41, 5.74) is 1.86. The van der Waals surface area contributed by atoms with Crippen molar-refractivity contribution in [1.29, 1.82) is 0 Å². The molecule has 1 aliphatic rings. The van der Waals surface area contributed by atoms with Crippen molar-refractivity contribution in [2.45, 2.75) is 12.4 Å². The van der Waals surface area contributed by atoms with Crippen molar-refractivity contribution in [2.75, 3.05) is 0 Å². The number of nitrogens with one attached hydrogen (secondary N) is 2. The van der Waals surface area contributed by atoms with Crippen molar-refractivity contribution in [2.24, 2.45) is 0 Å². The van der Waals surface area contributed by atoms with Gasteiger partial charge < -0.3 is 25.1 Å². The Kier molecular flexibility index (Phi) is 4.58. The van der Waals surface area contributed by atoms with Crippen molar-refractivity contribution in [3.8, 4) is 17.1 Å². The Balaban J connectivity index is 1.49. The number of aromatic nitrogens is 2. The van der Waals surface area contributed by atoms with Gasteiger partial charge in [-0.2, -0.15) is 0 Å². The Morgan fingerprint density at radius 1 is 1.21 bits per heavy atom. The number of nitrogens with zero attached hydrogens (tertiary/aromatic N) is 1. The van der Waals surface area contributed by atoms with Crippen molar-refractivity contribution in [3.63, 3.8) is 0 Å². The molecule has 0 radical (unpaired) electrons. The number of hydrogen-bond donors (Lipinski definition) is 4. The largest absolute Gasteiger partial charge is 0.547 e. The van der Waals surface area contributed by atoms with E-state index in [0.717, 1.165) is 5.56 Å². The maximum Gasteiger partial charge on any atom is 0.547 e. The molecule has 4 rings (SSSR count). The highest BCUT2D eigenvalue weighted by atomic mass is 16.5. The molecule has 0 saturated heterocycles. The molecule has 2 heterocycles. The van der Waals surface area contributed by atoms with E-state index in [2.05, 4.69) is 15.3 Å². The van der Waals surface area contributed by atoms with Gasteiger partial charge in [0.15, 0.2) is 0 Å². The molecule has 0 bridgehead atoms. The second-order valence-electron chi connectivity index (χ2n) is 6.41. The minimum Gasteiger partial charge on any atom is -0.534 e. The number of benzene rings is 2. The van der Waals surface area contributed by atoms with Gasteiger partial charge in [-0.3, -0.25) is 4.79 Å². The molecule has 4 N–H and O–H groups in total. The molecule has 0 saturated carbocycles. The lowest BCUT2D eigenvalue weighted by Crippen LogP contribution is -2.53. The maximum absolute atomic E-state index is 12.5. The molecule has 0 fully saturated rings. The number of hydrogen-bond acceptors (Lipinski definition) is 5. The molecule has 1 amide bonds. The number of carbonyl (C=O) groups excluding carboxylic acids is 1. The summed E-state index contributed by atoms with van der Waals surface area (Å²) in [5, 5.41) is 22.2. The molecule has 1 aromatic heterocycles. The van der Waals surface area contributed by atoms with Crippen LogP contribution in [0.25, 0.3) is 11.4 Å². The molecule has 140 valence electrons. The molecule has 1 atom stereocenters. The van der Waals surface area contributed by atoms with Crippen LogP contribution in [0.5, 0.6) is 5.75 Å². The Morgan fingerprint density at radius 2 is 2.00 bits per heavy atom. The second-order valence-corrected chi connectivity index (χ2v) is 6.41. The normalized spacial score (nSPS) is 15.5. The molecule has 9 heteroatoms. The number of aromatic amines is 1. The summed E-state index contributed by atoms with van der Waals surface area (Å²) in [6.07, 6.45) is 3.62. The summed E-state index contributed by atoms with van der Waals surface area (Å²) in [7, 11) is -1.35. The van der Waals surface area contributed by atoms with E-state index in [-0.39, 0.29) is 23.6 Å². The highest BCUT2D eigenvalue weighted by Gasteiger charge is 2.37. The third-order valence-corrected chi connectivity index (χ3v) is 4.58. The minimum atomic E-state index is -1.35. The van der Waals surface area contributed by atoms with E-state index >= 15 is 0 Å². The summed E-state index contributed by atoms with van der Waals surface area (Å²) < 4.78 is 5.39. The van der Waals surface area contributed by atoms with Gasteiger partial charge >= 0.3 is 13.1 Å². The first-order valence-corrected chi connectivity index (χ1v) is 8.63. The first-order valence-electron chi connectivity index (χ1n) is 8.63. The first-order chi connectivity index (χ1) is 13.5. The average molecular weight is 377 g/mol. The maximum atomic E-state index is 12.5. The van der Waals surface area contributed by atoms with E-state index in [9.17, 15) is 19.7 Å². The lowest BCUT2D eigenvalue weighted by molar-refractivity contribution is 0.0693. The fourth-order valence-corrected chi connectivity index (χ4v) is 3.17. The Bertz CT molecular complexity index is 1020. The fraction of sp³-hybridized carbons (Fsp3) is 0.105. The van der Waals surface area contributed by atoms with Gasteiger partial charge in [-0.25, -0.2) is 9.78 Å². The number of carbonyl (C=O) groups is 2. The summed E-state index contributed by atoms with van der Waals surface area (Å²) in [4.78, 5) is 31.0. The second kappa shape index (κ2) is 7.20. The number of amides is 1. The van der Waals surface area contributed by atoms with Crippen LogP contribution in [-0.4, -0.2) is 45.0 Å². The van der Waals surface area contributed by atoms with Crippen molar-refractivity contribution < 1.29 is 24.4 Å². The van der Waals surface area contributed by atoms with E-state index < -0.39 is 19.0 Å². The van der Waals surface area contributed by atoms with Gasteiger partial charge in [0.2, 0.25) is 0 Å². The summed E-state index contributed by atoms with van der Waals surface area (Å²) >= 11 is 0. The van der Waals surface area contributed by atoms with Gasteiger partial charge in [0.05, 0.1) is 11.5 Å². The Hall–Kier alpha value is -3.59. The van der Waals surface area contributed by atoms with Gasteiger partial charge in [-0.05, 0) is 30.2 Å². The molecule has 8 nitrogen and oxygen atoms in total. The highest BCUT2D eigenvalue weighted by molar-refractivity contribution is 6.47. The van der Waals surface area contributed by atoms with E-state index in [1.165, 1.54) is 6.07 Å². The van der Waals surface area contributed by atoms with Crippen LogP contribution in [-0.2, 0) is 6.42 Å². The average Bonchev–Trinajstić information content (AvgIpc) is 3.23. The van der Waals surface area contributed by atoms with Crippen LogP contribution < -0.4 is 9.97 Å². The van der Waals surface area contributed by atoms with Gasteiger partial charge in [0.1, 0.15) is 11.6 Å². The Labute approximate surface area is 160 Å². The van der Waals surface area contributed by atoms with E-state index in [1.807, 2.05) is 0 Å². The molecule has 28 heavy (non-hydrogen) atoms. The molecule has 3 aromatic rings. The van der Waals surface area contributed by atoms with E-state index in [4.69, 9.17) is 4.65 Å². The van der Waals surface area contributed by atoms with Crippen LogP contribution in [0.3, 0.4) is 0 Å². The van der Waals surface area contributed by atoms with Gasteiger partial charge in [0, 0.05) is 23.5 Å². The van der Waals surface area contributed by atoms with Crippen molar-refractivity contribution in [3.05, 3.63) is 71.5 Å². The van der Waals surface area contributed by atoms with E-state index in [0.29, 0.717) is 17.0 Å².